The highest BCUT2D eigenvalue weighted by Gasteiger charge is 2.44. The second-order valence-corrected chi connectivity index (χ2v) is 10.6. The molecule has 4 aromatic carbocycles. The van der Waals surface area contributed by atoms with E-state index in [2.05, 4.69) is 0 Å². The first kappa shape index (κ1) is 30.4. The van der Waals surface area contributed by atoms with Crippen LogP contribution in [0, 0.1) is 0 Å². The topological polar surface area (TPSA) is 142 Å². The molecule has 0 aliphatic carbocycles. The van der Waals surface area contributed by atoms with Gasteiger partial charge in [-0.3, -0.25) is 0 Å². The molecule has 2 aliphatic rings. The third kappa shape index (κ3) is 5.01. The van der Waals surface area contributed by atoms with Gasteiger partial charge in [0.05, 0.1) is 39.3 Å². The Morgan fingerprint density at radius 2 is 1.00 bits per heavy atom. The largest absolute Gasteiger partial charge is 0.497 e. The van der Waals surface area contributed by atoms with E-state index in [0.29, 0.717) is 22.6 Å². The molecule has 10 heteroatoms. The van der Waals surface area contributed by atoms with Crippen molar-refractivity contribution in [2.45, 2.75) is 25.7 Å². The van der Waals surface area contributed by atoms with Gasteiger partial charge in [0.2, 0.25) is 11.8 Å². The molecule has 236 valence electrons. The predicted octanol–water partition coefficient (Wildman–Crippen LogP) is 5.37. The first-order valence-corrected chi connectivity index (χ1v) is 14.9. The van der Waals surface area contributed by atoms with Gasteiger partial charge < -0.3 is 39.9 Å². The molecule has 46 heavy (non-hydrogen) atoms. The fourth-order valence-electron chi connectivity index (χ4n) is 6.23. The van der Waals surface area contributed by atoms with E-state index in [4.69, 9.17) is 39.9 Å². The molecule has 0 fully saturated rings. The molecule has 0 unspecified atom stereocenters. The van der Waals surface area contributed by atoms with Crippen molar-refractivity contribution >= 4 is 22.7 Å². The molecule has 10 nitrogen and oxygen atoms in total. The van der Waals surface area contributed by atoms with Gasteiger partial charge in [-0.1, -0.05) is 48.5 Å². The number of esters is 2. The van der Waals surface area contributed by atoms with Crippen LogP contribution in [0.3, 0.4) is 0 Å². The Hall–Kier alpha value is -5.64. The third-order valence-electron chi connectivity index (χ3n) is 8.20. The first-order chi connectivity index (χ1) is 22.3. The highest BCUT2D eigenvalue weighted by atomic mass is 16.6. The number of nitrogens with two attached hydrogens (primary N) is 2. The molecule has 0 radical (unpaired) electrons. The molecule has 4 aromatic rings. The molecule has 6 rings (SSSR count). The van der Waals surface area contributed by atoms with E-state index in [0.717, 1.165) is 21.9 Å². The summed E-state index contributed by atoms with van der Waals surface area (Å²) in [6, 6.07) is 22.4. The van der Waals surface area contributed by atoms with Crippen LogP contribution in [0.25, 0.3) is 10.8 Å². The summed E-state index contributed by atoms with van der Waals surface area (Å²) < 4.78 is 34.3. The second-order valence-electron chi connectivity index (χ2n) is 10.6. The number of hydrogen-bond donors (Lipinski definition) is 2. The summed E-state index contributed by atoms with van der Waals surface area (Å²) in [7, 11) is 3.17. The monoisotopic (exact) mass is 622 g/mol. The number of fused-ring (bicyclic) bond motifs is 6. The molecule has 0 saturated heterocycles. The van der Waals surface area contributed by atoms with E-state index in [1.165, 1.54) is 0 Å². The fraction of sp³-hybridized carbons (Fsp3) is 0.222. The van der Waals surface area contributed by atoms with E-state index < -0.39 is 23.8 Å². The normalized spacial score (nSPS) is 17.0. The number of carbonyl (C=O) groups excluding carboxylic acids is 2. The highest BCUT2D eigenvalue weighted by molar-refractivity contribution is 6.02. The standard InChI is InChI=1S/C36H34N2O8/c1-5-43-35(39)29-25(19-11-15-21(41-3)16-12-19)27-23-9-7-8-10-24(23)28-26(20-13-17-22(42-4)18-14-20)30(36(40)44-6-2)34(38)46-32(28)31(27)45-33(29)37/h7-18,25-26H,5-6,37-38H2,1-4H3/t25-,26-/m0/s1. The minimum Gasteiger partial charge on any atom is -0.497 e. The molecule has 0 saturated carbocycles. The van der Waals surface area contributed by atoms with Crippen molar-refractivity contribution in [2.24, 2.45) is 11.5 Å². The lowest BCUT2D eigenvalue weighted by molar-refractivity contribution is -0.140. The summed E-state index contributed by atoms with van der Waals surface area (Å²) in [5.41, 5.74) is 16.2. The molecule has 0 bridgehead atoms. The Morgan fingerprint density at radius 1 is 0.630 bits per heavy atom. The van der Waals surface area contributed by atoms with Gasteiger partial charge >= 0.3 is 11.9 Å². The minimum absolute atomic E-state index is 0.132. The van der Waals surface area contributed by atoms with Crippen LogP contribution in [-0.4, -0.2) is 39.4 Å². The molecule has 4 N–H and O–H groups in total. The molecular weight excluding hydrogens is 588 g/mol. The van der Waals surface area contributed by atoms with E-state index >= 15 is 0 Å². The molecular formula is C36H34N2O8. The van der Waals surface area contributed by atoms with E-state index in [1.54, 1.807) is 28.1 Å². The van der Waals surface area contributed by atoms with Gasteiger partial charge in [-0.25, -0.2) is 9.59 Å². The smallest absolute Gasteiger partial charge is 0.340 e. The molecule has 0 spiro atoms. The number of rotatable bonds is 8. The van der Waals surface area contributed by atoms with Crippen LogP contribution in [0.5, 0.6) is 23.0 Å². The Labute approximate surface area is 266 Å². The summed E-state index contributed by atoms with van der Waals surface area (Å²) in [6.45, 7) is 3.74. The Morgan fingerprint density at radius 3 is 1.33 bits per heavy atom. The van der Waals surface area contributed by atoms with E-state index in [9.17, 15) is 9.59 Å². The lowest BCUT2D eigenvalue weighted by atomic mass is 9.75. The van der Waals surface area contributed by atoms with Gasteiger partial charge in [0.25, 0.3) is 0 Å². The van der Waals surface area contributed by atoms with Gasteiger partial charge in [-0.15, -0.1) is 0 Å². The maximum Gasteiger partial charge on any atom is 0.340 e. The van der Waals surface area contributed by atoms with Crippen LogP contribution in [0.15, 0.2) is 95.7 Å². The number of hydrogen-bond acceptors (Lipinski definition) is 10. The number of ether oxygens (including phenoxy) is 6. The Balaban J connectivity index is 1.69. The molecule has 0 amide bonds. The average Bonchev–Trinajstić information content (AvgIpc) is 3.07. The van der Waals surface area contributed by atoms with Crippen LogP contribution in [-0.2, 0) is 19.1 Å². The number of methoxy groups -OCH3 is 2. The SMILES string of the molecule is CCOC(=O)C1=C(N)Oc2c3c(c4ccccc4c2[C@@H]1c1ccc(OC)cc1)[C@H](c1ccc(OC)cc1)C(C(=O)OCC)=C(N)O3. The van der Waals surface area contributed by atoms with Gasteiger partial charge in [0.1, 0.15) is 22.6 Å². The zero-order valence-electron chi connectivity index (χ0n) is 25.9. The van der Waals surface area contributed by atoms with Crippen LogP contribution in [0.4, 0.5) is 0 Å². The summed E-state index contributed by atoms with van der Waals surface area (Å²) in [4.78, 5) is 27.0. The first-order valence-electron chi connectivity index (χ1n) is 14.9. The lowest BCUT2D eigenvalue weighted by Gasteiger charge is -2.36. The van der Waals surface area contributed by atoms with Crippen molar-refractivity contribution in [3.8, 4) is 23.0 Å². The summed E-state index contributed by atoms with van der Waals surface area (Å²) in [6.07, 6.45) is 0. The zero-order valence-corrected chi connectivity index (χ0v) is 25.9. The van der Waals surface area contributed by atoms with Crippen LogP contribution in [0.1, 0.15) is 47.9 Å². The van der Waals surface area contributed by atoms with Gasteiger partial charge in [-0.2, -0.15) is 0 Å². The lowest BCUT2D eigenvalue weighted by Crippen LogP contribution is -2.31. The van der Waals surface area contributed by atoms with Crippen molar-refractivity contribution in [2.75, 3.05) is 27.4 Å². The van der Waals surface area contributed by atoms with E-state index in [-0.39, 0.29) is 47.6 Å². The minimum atomic E-state index is -0.705. The van der Waals surface area contributed by atoms with E-state index in [1.807, 2.05) is 72.8 Å². The zero-order chi connectivity index (χ0) is 32.5. The van der Waals surface area contributed by atoms with Crippen LogP contribution in [0.2, 0.25) is 0 Å². The summed E-state index contributed by atoms with van der Waals surface area (Å²) >= 11 is 0. The highest BCUT2D eigenvalue weighted by Crippen LogP contribution is 2.57. The van der Waals surface area contributed by atoms with Gasteiger partial charge in [0, 0.05) is 11.1 Å². The number of carbonyl (C=O) groups is 2. The number of benzene rings is 4. The van der Waals surface area contributed by atoms with Crippen LogP contribution >= 0.6 is 0 Å². The summed E-state index contributed by atoms with van der Waals surface area (Å²) in [5.74, 6) is -1.02. The van der Waals surface area contributed by atoms with Crippen molar-refractivity contribution in [3.05, 3.63) is 118 Å². The molecule has 2 aliphatic heterocycles. The second kappa shape index (κ2) is 12.4. The average molecular weight is 623 g/mol. The predicted molar refractivity (Wildman–Crippen MR) is 171 cm³/mol. The maximum absolute atomic E-state index is 13.5. The fourth-order valence-corrected chi connectivity index (χ4v) is 6.23. The Kier molecular flexibility index (Phi) is 8.19. The van der Waals surface area contributed by atoms with Crippen molar-refractivity contribution in [1.82, 2.24) is 0 Å². The molecule has 2 heterocycles. The molecule has 2 atom stereocenters. The van der Waals surface area contributed by atoms with Gasteiger partial charge in [0.15, 0.2) is 11.5 Å². The Bertz CT molecular complexity index is 1760. The van der Waals surface area contributed by atoms with Crippen molar-refractivity contribution in [1.29, 1.82) is 0 Å². The summed E-state index contributed by atoms with van der Waals surface area (Å²) in [5, 5.41) is 1.52. The van der Waals surface area contributed by atoms with Crippen molar-refractivity contribution < 1.29 is 38.0 Å². The molecule has 0 aromatic heterocycles. The maximum atomic E-state index is 13.5. The van der Waals surface area contributed by atoms with Crippen LogP contribution < -0.4 is 30.4 Å². The quantitative estimate of drug-likeness (QED) is 0.246. The van der Waals surface area contributed by atoms with Gasteiger partial charge in [-0.05, 0) is 60.0 Å². The van der Waals surface area contributed by atoms with Crippen molar-refractivity contribution in [3.63, 3.8) is 0 Å². The third-order valence-corrected chi connectivity index (χ3v) is 8.20.